The molecule has 1 aromatic carbocycles. The minimum absolute atomic E-state index is 0. The Labute approximate surface area is 185 Å². The van der Waals surface area contributed by atoms with Crippen molar-refractivity contribution < 1.29 is 18.3 Å². The van der Waals surface area contributed by atoms with Gasteiger partial charge in [0, 0.05) is 38.7 Å². The molecule has 1 aliphatic rings. The summed E-state index contributed by atoms with van der Waals surface area (Å²) in [5, 5.41) is 10.9. The number of hydrogen-bond acceptors (Lipinski definition) is 5. The number of alkyl halides is 2. The van der Waals surface area contributed by atoms with Gasteiger partial charge in [-0.3, -0.25) is 4.99 Å². The van der Waals surface area contributed by atoms with E-state index >= 15 is 0 Å². The molecule has 2 aromatic rings. The van der Waals surface area contributed by atoms with Crippen LogP contribution in [0.3, 0.4) is 0 Å². The highest BCUT2D eigenvalue weighted by molar-refractivity contribution is 14.0. The summed E-state index contributed by atoms with van der Waals surface area (Å²) < 4.78 is 36.6. The largest absolute Gasteiger partial charge is 0.434 e. The molecular formula is C18H25F2IN6O2. The van der Waals surface area contributed by atoms with Gasteiger partial charge in [0.15, 0.2) is 11.8 Å². The van der Waals surface area contributed by atoms with Crippen LogP contribution in [0.5, 0.6) is 5.75 Å². The van der Waals surface area contributed by atoms with E-state index in [9.17, 15) is 8.78 Å². The number of aliphatic imine (C=N–C) groups is 1. The first-order valence-electron chi connectivity index (χ1n) is 9.00. The van der Waals surface area contributed by atoms with Gasteiger partial charge in [0.2, 0.25) is 0 Å². The summed E-state index contributed by atoms with van der Waals surface area (Å²) in [4.78, 5) is 8.68. The quantitative estimate of drug-likeness (QED) is 0.330. The van der Waals surface area contributed by atoms with Crippen molar-refractivity contribution in [2.24, 2.45) is 4.99 Å². The van der Waals surface area contributed by atoms with Crippen molar-refractivity contribution in [2.45, 2.75) is 45.2 Å². The third-order valence-electron chi connectivity index (χ3n) is 4.37. The van der Waals surface area contributed by atoms with Crippen LogP contribution in [0.1, 0.15) is 23.6 Å². The van der Waals surface area contributed by atoms with Gasteiger partial charge in [0.05, 0.1) is 6.54 Å². The van der Waals surface area contributed by atoms with E-state index in [1.54, 1.807) is 32.4 Å². The number of nitrogens with zero attached hydrogens (tertiary/aromatic N) is 4. The number of nitrogens with one attached hydrogen (secondary N) is 2. The Balaban J connectivity index is 0.00000300. The molecule has 8 nitrogen and oxygen atoms in total. The lowest BCUT2D eigenvalue weighted by Gasteiger charge is -2.25. The first-order chi connectivity index (χ1) is 13.6. The lowest BCUT2D eigenvalue weighted by atomic mass is 10.1. The van der Waals surface area contributed by atoms with Crippen LogP contribution in [0.25, 0.3) is 0 Å². The summed E-state index contributed by atoms with van der Waals surface area (Å²) in [6.07, 6.45) is 1.69. The van der Waals surface area contributed by atoms with Gasteiger partial charge in [0.1, 0.15) is 18.2 Å². The number of guanidine groups is 1. The average Bonchev–Trinajstić information content (AvgIpc) is 3.07. The molecule has 1 aliphatic heterocycles. The van der Waals surface area contributed by atoms with E-state index in [2.05, 4.69) is 30.4 Å². The number of methoxy groups -OCH3 is 1. The van der Waals surface area contributed by atoms with Gasteiger partial charge in [-0.25, -0.2) is 9.67 Å². The van der Waals surface area contributed by atoms with E-state index < -0.39 is 6.61 Å². The zero-order valence-electron chi connectivity index (χ0n) is 16.3. The number of halogens is 3. The minimum atomic E-state index is -2.86. The summed E-state index contributed by atoms with van der Waals surface area (Å²) in [7, 11) is 3.28. The highest BCUT2D eigenvalue weighted by atomic mass is 127. The van der Waals surface area contributed by atoms with Crippen molar-refractivity contribution in [3.8, 4) is 5.75 Å². The lowest BCUT2D eigenvalue weighted by molar-refractivity contribution is -0.0504. The van der Waals surface area contributed by atoms with Crippen LogP contribution < -0.4 is 15.4 Å². The smallest absolute Gasteiger partial charge is 0.387 e. The summed E-state index contributed by atoms with van der Waals surface area (Å²) in [5.74, 6) is 2.36. The molecule has 29 heavy (non-hydrogen) atoms. The highest BCUT2D eigenvalue weighted by Gasteiger charge is 2.22. The number of para-hydroxylation sites is 1. The Morgan fingerprint density at radius 3 is 2.90 bits per heavy atom. The molecule has 1 unspecified atom stereocenters. The van der Waals surface area contributed by atoms with Crippen LogP contribution in [0.15, 0.2) is 29.3 Å². The van der Waals surface area contributed by atoms with Crippen molar-refractivity contribution in [1.82, 2.24) is 25.4 Å². The van der Waals surface area contributed by atoms with E-state index in [4.69, 9.17) is 4.74 Å². The molecule has 0 aliphatic carbocycles. The van der Waals surface area contributed by atoms with Gasteiger partial charge < -0.3 is 20.1 Å². The summed E-state index contributed by atoms with van der Waals surface area (Å²) >= 11 is 0. The Morgan fingerprint density at radius 1 is 1.38 bits per heavy atom. The Kier molecular flexibility index (Phi) is 9.01. The first-order valence-corrected chi connectivity index (χ1v) is 9.00. The van der Waals surface area contributed by atoms with Crippen LogP contribution in [-0.4, -0.2) is 47.5 Å². The second kappa shape index (κ2) is 11.2. The molecule has 0 bridgehead atoms. The van der Waals surface area contributed by atoms with Crippen LogP contribution in [0.4, 0.5) is 8.78 Å². The maximum absolute atomic E-state index is 12.5. The van der Waals surface area contributed by atoms with Crippen LogP contribution >= 0.6 is 24.0 Å². The summed E-state index contributed by atoms with van der Waals surface area (Å²) in [6.45, 7) is -1.50. The molecule has 160 valence electrons. The summed E-state index contributed by atoms with van der Waals surface area (Å²) in [6, 6.07) is 6.81. The Hall–Kier alpha value is -2.02. The molecule has 0 saturated heterocycles. The summed E-state index contributed by atoms with van der Waals surface area (Å²) in [5.41, 5.74) is 0.622. The SMILES string of the molecule is CN=C(NCc1ccccc1OC(F)F)NC1CCc2nc(COC)nn2C1.I. The predicted octanol–water partition coefficient (Wildman–Crippen LogP) is 2.32. The van der Waals surface area contributed by atoms with E-state index in [1.165, 1.54) is 6.07 Å². The van der Waals surface area contributed by atoms with Crippen LogP contribution in [-0.2, 0) is 30.9 Å². The number of aromatic nitrogens is 3. The van der Waals surface area contributed by atoms with Gasteiger partial charge >= 0.3 is 6.61 Å². The maximum atomic E-state index is 12.5. The van der Waals surface area contributed by atoms with Crippen molar-refractivity contribution in [3.63, 3.8) is 0 Å². The minimum Gasteiger partial charge on any atom is -0.434 e. The molecular weight excluding hydrogens is 497 g/mol. The van der Waals surface area contributed by atoms with Crippen molar-refractivity contribution in [2.75, 3.05) is 14.2 Å². The van der Waals surface area contributed by atoms with Crippen LogP contribution in [0.2, 0.25) is 0 Å². The van der Waals surface area contributed by atoms with Gasteiger partial charge in [-0.2, -0.15) is 13.9 Å². The second-order valence-corrected chi connectivity index (χ2v) is 6.35. The monoisotopic (exact) mass is 522 g/mol. The Bertz CT molecular complexity index is 817. The molecule has 0 saturated carbocycles. The molecule has 2 N–H and O–H groups in total. The molecule has 3 rings (SSSR count). The van der Waals surface area contributed by atoms with Gasteiger partial charge in [0.25, 0.3) is 0 Å². The normalized spacial score (nSPS) is 16.2. The molecule has 0 spiro atoms. The molecule has 1 atom stereocenters. The van der Waals surface area contributed by atoms with Crippen molar-refractivity contribution in [1.29, 1.82) is 0 Å². The van der Waals surface area contributed by atoms with E-state index in [0.717, 1.165) is 18.7 Å². The highest BCUT2D eigenvalue weighted by Crippen LogP contribution is 2.20. The van der Waals surface area contributed by atoms with E-state index in [-0.39, 0.29) is 35.8 Å². The van der Waals surface area contributed by atoms with Crippen molar-refractivity contribution >= 4 is 29.9 Å². The molecule has 0 fully saturated rings. The third-order valence-corrected chi connectivity index (χ3v) is 4.37. The van der Waals surface area contributed by atoms with Gasteiger partial charge in [-0.1, -0.05) is 18.2 Å². The number of rotatable bonds is 7. The molecule has 0 amide bonds. The molecule has 11 heteroatoms. The van der Waals surface area contributed by atoms with Gasteiger partial charge in [-0.05, 0) is 12.5 Å². The average molecular weight is 522 g/mol. The fourth-order valence-electron chi connectivity index (χ4n) is 3.10. The standard InChI is InChI=1S/C18H24F2N6O2.HI/c1-21-18(22-9-12-5-3-4-6-14(12)28-17(19)20)23-13-7-8-16-24-15(11-27-2)25-26(16)10-13;/h3-6,13,17H,7-11H2,1-2H3,(H2,21,22,23);1H. The van der Waals surface area contributed by atoms with Gasteiger partial charge in [-0.15, -0.1) is 24.0 Å². The third kappa shape index (κ3) is 6.49. The molecule has 0 radical (unpaired) electrons. The van der Waals surface area contributed by atoms with Crippen molar-refractivity contribution in [3.05, 3.63) is 41.5 Å². The Morgan fingerprint density at radius 2 is 2.17 bits per heavy atom. The number of benzene rings is 1. The first kappa shape index (κ1) is 23.3. The number of ether oxygens (including phenoxy) is 2. The molecule has 1 aromatic heterocycles. The zero-order chi connectivity index (χ0) is 19.9. The maximum Gasteiger partial charge on any atom is 0.387 e. The lowest BCUT2D eigenvalue weighted by Crippen LogP contribution is -2.46. The fraction of sp³-hybridized carbons (Fsp3) is 0.500. The zero-order valence-corrected chi connectivity index (χ0v) is 18.6. The fourth-order valence-corrected chi connectivity index (χ4v) is 3.10. The topological polar surface area (TPSA) is 85.6 Å². The number of hydrogen-bond donors (Lipinski definition) is 2. The number of aryl methyl sites for hydroxylation is 1. The number of fused-ring (bicyclic) bond motifs is 1. The predicted molar refractivity (Wildman–Crippen MR) is 115 cm³/mol. The van der Waals surface area contributed by atoms with E-state index in [1.807, 2.05) is 4.68 Å². The second-order valence-electron chi connectivity index (χ2n) is 6.35. The van der Waals surface area contributed by atoms with Crippen LogP contribution in [0, 0.1) is 0 Å². The molecule has 2 heterocycles. The van der Waals surface area contributed by atoms with E-state index in [0.29, 0.717) is 37.0 Å².